The summed E-state index contributed by atoms with van der Waals surface area (Å²) in [5.41, 5.74) is -1.25. The molecule has 1 fully saturated rings. The van der Waals surface area contributed by atoms with Crippen LogP contribution in [0.25, 0.3) is 0 Å². The van der Waals surface area contributed by atoms with Gasteiger partial charge in [-0.25, -0.2) is 4.39 Å². The molecule has 1 amide bonds. The lowest BCUT2D eigenvalue weighted by Crippen LogP contribution is -2.68. The zero-order valence-electron chi connectivity index (χ0n) is 13.0. The maximum atomic E-state index is 13.3. The maximum Gasteiger partial charge on any atom is 0.251 e. The lowest BCUT2D eigenvalue weighted by atomic mass is 9.56. The van der Waals surface area contributed by atoms with Gasteiger partial charge >= 0.3 is 0 Å². The van der Waals surface area contributed by atoms with Gasteiger partial charge in [-0.2, -0.15) is 0 Å². The Labute approximate surface area is 138 Å². The largest absolute Gasteiger partial charge is 0.387 e. The molecule has 0 saturated heterocycles. The fraction of sp³-hybridized carbons (Fsp3) is 0.562. The van der Waals surface area contributed by atoms with Crippen molar-refractivity contribution in [1.82, 2.24) is 5.32 Å². The lowest BCUT2D eigenvalue weighted by Gasteiger charge is -2.57. The van der Waals surface area contributed by atoms with Crippen molar-refractivity contribution in [3.63, 3.8) is 0 Å². The number of carbonyl (C=O) groups is 1. The van der Waals surface area contributed by atoms with Gasteiger partial charge in [0.25, 0.3) is 5.91 Å². The molecule has 6 heteroatoms. The van der Waals surface area contributed by atoms with E-state index >= 15 is 0 Å². The van der Waals surface area contributed by atoms with Crippen molar-refractivity contribution >= 4 is 21.8 Å². The van der Waals surface area contributed by atoms with Crippen molar-refractivity contribution in [2.45, 2.75) is 38.9 Å². The zero-order chi connectivity index (χ0) is 16.5. The van der Waals surface area contributed by atoms with Crippen LogP contribution in [0.2, 0.25) is 0 Å². The number of ether oxygens (including phenoxy) is 1. The van der Waals surface area contributed by atoms with Gasteiger partial charge in [-0.05, 0) is 25.1 Å². The Morgan fingerprint density at radius 3 is 2.73 bits per heavy atom. The van der Waals surface area contributed by atoms with Gasteiger partial charge in [-0.3, -0.25) is 4.79 Å². The van der Waals surface area contributed by atoms with Crippen LogP contribution < -0.4 is 5.32 Å². The molecule has 1 aliphatic carbocycles. The Morgan fingerprint density at radius 1 is 1.50 bits per heavy atom. The van der Waals surface area contributed by atoms with Gasteiger partial charge in [0, 0.05) is 35.0 Å². The molecule has 1 aliphatic rings. The van der Waals surface area contributed by atoms with Crippen molar-refractivity contribution in [3.8, 4) is 0 Å². The molecule has 2 atom stereocenters. The minimum atomic E-state index is -1.02. The van der Waals surface area contributed by atoms with Gasteiger partial charge in [0.05, 0.1) is 11.7 Å². The topological polar surface area (TPSA) is 58.6 Å². The number of carbonyl (C=O) groups excluding carboxylic acids is 1. The fourth-order valence-corrected chi connectivity index (χ4v) is 3.24. The second-order valence-electron chi connectivity index (χ2n) is 6.24. The highest BCUT2D eigenvalue weighted by atomic mass is 79.9. The van der Waals surface area contributed by atoms with Crippen LogP contribution in [0, 0.1) is 11.2 Å². The molecule has 0 radical (unpaired) electrons. The van der Waals surface area contributed by atoms with Crippen molar-refractivity contribution in [3.05, 3.63) is 34.1 Å². The van der Waals surface area contributed by atoms with E-state index in [-0.39, 0.29) is 18.2 Å². The van der Waals surface area contributed by atoms with Crippen molar-refractivity contribution < 1.29 is 19.0 Å². The number of rotatable bonds is 5. The third-order valence-corrected chi connectivity index (χ3v) is 5.02. The third-order valence-electron chi connectivity index (χ3n) is 4.56. The highest BCUT2D eigenvalue weighted by Crippen LogP contribution is 2.50. The van der Waals surface area contributed by atoms with E-state index in [1.807, 2.05) is 20.8 Å². The SMILES string of the molecule is CCOC1CC(O)(CNC(=O)c2cc(F)cc(Br)c2)C1(C)C. The molecule has 1 saturated carbocycles. The smallest absolute Gasteiger partial charge is 0.251 e. The van der Waals surface area contributed by atoms with Crippen LogP contribution in [0.4, 0.5) is 4.39 Å². The minimum absolute atomic E-state index is 0.0253. The third kappa shape index (κ3) is 3.19. The quantitative estimate of drug-likeness (QED) is 0.834. The number of nitrogens with one attached hydrogen (secondary N) is 1. The molecule has 0 spiro atoms. The van der Waals surface area contributed by atoms with Crippen LogP contribution >= 0.6 is 15.9 Å². The average molecular weight is 374 g/mol. The first kappa shape index (κ1) is 17.4. The highest BCUT2D eigenvalue weighted by Gasteiger charge is 2.59. The number of benzene rings is 1. The van der Waals surface area contributed by atoms with Crippen molar-refractivity contribution in [1.29, 1.82) is 0 Å². The number of halogens is 2. The first-order chi connectivity index (χ1) is 10.2. The molecule has 2 rings (SSSR count). The van der Waals surface area contributed by atoms with Gasteiger partial charge in [0.1, 0.15) is 5.82 Å². The average Bonchev–Trinajstić information content (AvgIpc) is 2.43. The summed E-state index contributed by atoms with van der Waals surface area (Å²) in [6.45, 7) is 6.45. The van der Waals surface area contributed by atoms with Crippen molar-refractivity contribution in [2.75, 3.05) is 13.2 Å². The summed E-state index contributed by atoms with van der Waals surface area (Å²) in [5, 5.41) is 13.3. The predicted octanol–water partition coefficient (Wildman–Crippen LogP) is 2.88. The molecular weight excluding hydrogens is 353 g/mol. The minimum Gasteiger partial charge on any atom is -0.387 e. The van der Waals surface area contributed by atoms with E-state index in [0.29, 0.717) is 17.5 Å². The normalized spacial score (nSPS) is 26.4. The molecule has 22 heavy (non-hydrogen) atoms. The maximum absolute atomic E-state index is 13.3. The summed E-state index contributed by atoms with van der Waals surface area (Å²) in [7, 11) is 0. The second-order valence-corrected chi connectivity index (χ2v) is 7.16. The Hall–Kier alpha value is -0.980. The first-order valence-corrected chi connectivity index (χ1v) is 8.07. The molecule has 0 aliphatic heterocycles. The molecule has 2 N–H and O–H groups in total. The first-order valence-electron chi connectivity index (χ1n) is 7.28. The van der Waals surface area contributed by atoms with E-state index in [1.54, 1.807) is 0 Å². The van der Waals surface area contributed by atoms with Crippen LogP contribution in [0.15, 0.2) is 22.7 Å². The van der Waals surface area contributed by atoms with Crippen LogP contribution in [0.3, 0.4) is 0 Å². The van der Waals surface area contributed by atoms with E-state index in [1.165, 1.54) is 18.2 Å². The second kappa shape index (κ2) is 6.26. The summed E-state index contributed by atoms with van der Waals surface area (Å²) in [6, 6.07) is 3.99. The lowest BCUT2D eigenvalue weighted by molar-refractivity contribution is -0.237. The van der Waals surface area contributed by atoms with Crippen LogP contribution in [0.5, 0.6) is 0 Å². The molecule has 0 bridgehead atoms. The summed E-state index contributed by atoms with van der Waals surface area (Å²) < 4.78 is 19.4. The molecule has 1 aromatic rings. The summed E-state index contributed by atoms with van der Waals surface area (Å²) in [4.78, 5) is 12.1. The Balaban J connectivity index is 1.99. The predicted molar refractivity (Wildman–Crippen MR) is 85.2 cm³/mol. The van der Waals surface area contributed by atoms with Crippen LogP contribution in [-0.2, 0) is 4.74 Å². The molecule has 0 aromatic heterocycles. The van der Waals surface area contributed by atoms with E-state index in [9.17, 15) is 14.3 Å². The molecule has 122 valence electrons. The molecule has 1 aromatic carbocycles. The van der Waals surface area contributed by atoms with E-state index in [0.717, 1.165) is 0 Å². The van der Waals surface area contributed by atoms with Gasteiger partial charge in [-0.15, -0.1) is 0 Å². The number of hydrogen-bond donors (Lipinski definition) is 2. The van der Waals surface area contributed by atoms with Gasteiger partial charge in [0.2, 0.25) is 0 Å². The Kier molecular flexibility index (Phi) is 4.94. The number of hydrogen-bond acceptors (Lipinski definition) is 3. The summed E-state index contributed by atoms with van der Waals surface area (Å²) in [6.07, 6.45) is 0.448. The van der Waals surface area contributed by atoms with Gasteiger partial charge in [0.15, 0.2) is 0 Å². The molecular formula is C16H21BrFNO3. The summed E-state index contributed by atoms with van der Waals surface area (Å²) in [5.74, 6) is -0.900. The van der Waals surface area contributed by atoms with E-state index in [2.05, 4.69) is 21.2 Å². The van der Waals surface area contributed by atoms with Gasteiger partial charge in [-0.1, -0.05) is 29.8 Å². The zero-order valence-corrected chi connectivity index (χ0v) is 14.5. The number of amides is 1. The standard InChI is InChI=1S/C16H21BrFNO3/c1-4-22-13-8-16(21,15(13,2)3)9-19-14(20)10-5-11(17)7-12(18)6-10/h5-7,13,21H,4,8-9H2,1-3H3,(H,19,20). The van der Waals surface area contributed by atoms with Crippen molar-refractivity contribution in [2.24, 2.45) is 5.41 Å². The van der Waals surface area contributed by atoms with E-state index in [4.69, 9.17) is 4.74 Å². The highest BCUT2D eigenvalue weighted by molar-refractivity contribution is 9.10. The molecule has 4 nitrogen and oxygen atoms in total. The number of aliphatic hydroxyl groups is 1. The van der Waals surface area contributed by atoms with Crippen LogP contribution in [-0.4, -0.2) is 35.9 Å². The molecule has 0 heterocycles. The Bertz CT molecular complexity index is 558. The van der Waals surface area contributed by atoms with Gasteiger partial charge < -0.3 is 15.2 Å². The monoisotopic (exact) mass is 373 g/mol. The Morgan fingerprint density at radius 2 is 2.18 bits per heavy atom. The fourth-order valence-electron chi connectivity index (χ4n) is 2.78. The van der Waals surface area contributed by atoms with Crippen LogP contribution in [0.1, 0.15) is 37.6 Å². The summed E-state index contributed by atoms with van der Waals surface area (Å²) >= 11 is 3.15. The molecule has 2 unspecified atom stereocenters. The van der Waals surface area contributed by atoms with E-state index < -0.39 is 22.7 Å².